The average molecular weight is 399 g/mol. The van der Waals surface area contributed by atoms with Gasteiger partial charge in [0.15, 0.2) is 0 Å². The molecule has 0 aliphatic heterocycles. The van der Waals surface area contributed by atoms with Crippen LogP contribution in [-0.4, -0.2) is 21.4 Å². The van der Waals surface area contributed by atoms with E-state index in [0.717, 1.165) is 10.8 Å². The second kappa shape index (κ2) is 7.93. The number of aromatic amines is 1. The topological polar surface area (TPSA) is 127 Å². The summed E-state index contributed by atoms with van der Waals surface area (Å²) in [5, 5.41) is 2.94. The molecule has 8 nitrogen and oxygen atoms in total. The number of benzene rings is 2. The SMILES string of the molecule is NC(=O)c1ccc(NC(=O)c2c[nH]c(=O)n(Cc3ccccc3Cl)c2=O)cc1. The summed E-state index contributed by atoms with van der Waals surface area (Å²) in [6.45, 7) is -0.0811. The van der Waals surface area contributed by atoms with Crippen LogP contribution in [0.25, 0.3) is 0 Å². The smallest absolute Gasteiger partial charge is 0.328 e. The number of rotatable bonds is 5. The molecular formula is C19H15ClN4O4. The lowest BCUT2D eigenvalue weighted by atomic mass is 10.2. The predicted molar refractivity (Wildman–Crippen MR) is 105 cm³/mol. The number of anilines is 1. The number of halogens is 1. The predicted octanol–water partition coefficient (Wildman–Crippen LogP) is 1.59. The molecule has 0 unspecified atom stereocenters. The fraction of sp³-hybridized carbons (Fsp3) is 0.0526. The Morgan fingerprint density at radius 3 is 2.39 bits per heavy atom. The van der Waals surface area contributed by atoms with Gasteiger partial charge in [0.1, 0.15) is 5.56 Å². The molecule has 1 heterocycles. The van der Waals surface area contributed by atoms with Crippen molar-refractivity contribution < 1.29 is 9.59 Å². The van der Waals surface area contributed by atoms with Gasteiger partial charge < -0.3 is 16.0 Å². The number of nitrogens with one attached hydrogen (secondary N) is 2. The van der Waals surface area contributed by atoms with E-state index in [1.165, 1.54) is 24.3 Å². The van der Waals surface area contributed by atoms with E-state index >= 15 is 0 Å². The molecular weight excluding hydrogens is 384 g/mol. The van der Waals surface area contributed by atoms with Gasteiger partial charge in [-0.1, -0.05) is 29.8 Å². The average Bonchev–Trinajstić information content (AvgIpc) is 2.66. The minimum Gasteiger partial charge on any atom is -0.366 e. The fourth-order valence-corrected chi connectivity index (χ4v) is 2.73. The Morgan fingerprint density at radius 1 is 1.07 bits per heavy atom. The molecule has 1 aromatic heterocycles. The van der Waals surface area contributed by atoms with E-state index in [4.69, 9.17) is 17.3 Å². The molecule has 0 saturated carbocycles. The van der Waals surface area contributed by atoms with Crippen molar-refractivity contribution in [2.45, 2.75) is 6.54 Å². The maximum atomic E-state index is 12.7. The highest BCUT2D eigenvalue weighted by atomic mass is 35.5. The number of carbonyl (C=O) groups is 2. The molecule has 0 radical (unpaired) electrons. The van der Waals surface area contributed by atoms with Crippen LogP contribution in [0.3, 0.4) is 0 Å². The summed E-state index contributed by atoms with van der Waals surface area (Å²) in [7, 11) is 0. The Kier molecular flexibility index (Phi) is 5.42. The lowest BCUT2D eigenvalue weighted by molar-refractivity contribution is 0.0998. The first-order valence-corrected chi connectivity index (χ1v) is 8.52. The van der Waals surface area contributed by atoms with Crippen molar-refractivity contribution in [1.29, 1.82) is 0 Å². The Bertz CT molecular complexity index is 1170. The van der Waals surface area contributed by atoms with Crippen LogP contribution in [0.2, 0.25) is 5.02 Å². The van der Waals surface area contributed by atoms with Gasteiger partial charge >= 0.3 is 5.69 Å². The fourth-order valence-electron chi connectivity index (χ4n) is 2.53. The maximum absolute atomic E-state index is 12.7. The van der Waals surface area contributed by atoms with Crippen molar-refractivity contribution in [2.24, 2.45) is 5.73 Å². The number of hydrogen-bond acceptors (Lipinski definition) is 4. The van der Waals surface area contributed by atoms with Crippen molar-refractivity contribution in [3.8, 4) is 0 Å². The number of amides is 2. The third kappa shape index (κ3) is 4.02. The highest BCUT2D eigenvalue weighted by molar-refractivity contribution is 6.31. The van der Waals surface area contributed by atoms with Gasteiger partial charge in [0.25, 0.3) is 11.5 Å². The molecule has 0 atom stereocenters. The first kappa shape index (κ1) is 19.1. The number of nitrogens with two attached hydrogens (primary N) is 1. The van der Waals surface area contributed by atoms with Crippen LogP contribution in [-0.2, 0) is 6.54 Å². The summed E-state index contributed by atoms with van der Waals surface area (Å²) >= 11 is 6.08. The first-order valence-electron chi connectivity index (χ1n) is 8.14. The van der Waals surface area contributed by atoms with E-state index in [1.54, 1.807) is 24.3 Å². The van der Waals surface area contributed by atoms with Crippen molar-refractivity contribution in [3.05, 3.63) is 97.3 Å². The van der Waals surface area contributed by atoms with Gasteiger partial charge in [-0.05, 0) is 35.9 Å². The molecule has 3 aromatic rings. The van der Waals surface area contributed by atoms with E-state index in [-0.39, 0.29) is 17.7 Å². The van der Waals surface area contributed by atoms with E-state index in [9.17, 15) is 19.2 Å². The number of hydrogen-bond donors (Lipinski definition) is 3. The first-order chi connectivity index (χ1) is 13.4. The van der Waals surface area contributed by atoms with E-state index < -0.39 is 23.1 Å². The van der Waals surface area contributed by atoms with Crippen LogP contribution in [0.15, 0.2) is 64.3 Å². The zero-order chi connectivity index (χ0) is 20.3. The maximum Gasteiger partial charge on any atom is 0.328 e. The molecule has 4 N–H and O–H groups in total. The molecule has 9 heteroatoms. The quantitative estimate of drug-likeness (QED) is 0.603. The Labute approximate surface area is 163 Å². The number of H-pyrrole nitrogens is 1. The summed E-state index contributed by atoms with van der Waals surface area (Å²) in [5.41, 5.74) is 4.71. The van der Waals surface area contributed by atoms with Crippen LogP contribution in [0.4, 0.5) is 5.69 Å². The monoisotopic (exact) mass is 398 g/mol. The molecule has 28 heavy (non-hydrogen) atoms. The van der Waals surface area contributed by atoms with Gasteiger partial charge in [-0.25, -0.2) is 4.79 Å². The van der Waals surface area contributed by atoms with Crippen LogP contribution in [0.5, 0.6) is 0 Å². The standard InChI is InChI=1S/C19H15ClN4O4/c20-15-4-2-1-3-12(15)10-24-18(27)14(9-22-19(24)28)17(26)23-13-7-5-11(6-8-13)16(21)25/h1-9H,10H2,(H2,21,25)(H,22,28)(H,23,26). The van der Waals surface area contributed by atoms with E-state index in [2.05, 4.69) is 10.3 Å². The second-order valence-electron chi connectivity index (χ2n) is 5.89. The Hall–Kier alpha value is -3.65. The highest BCUT2D eigenvalue weighted by Gasteiger charge is 2.16. The van der Waals surface area contributed by atoms with Gasteiger partial charge in [0, 0.05) is 22.5 Å². The largest absolute Gasteiger partial charge is 0.366 e. The Balaban J connectivity index is 1.89. The minimum atomic E-state index is -0.755. The van der Waals surface area contributed by atoms with Crippen LogP contribution >= 0.6 is 11.6 Å². The molecule has 0 spiro atoms. The summed E-state index contributed by atoms with van der Waals surface area (Å²) in [5.74, 6) is -1.30. The summed E-state index contributed by atoms with van der Waals surface area (Å²) < 4.78 is 0.895. The summed E-state index contributed by atoms with van der Waals surface area (Å²) in [4.78, 5) is 50.7. The van der Waals surface area contributed by atoms with Crippen LogP contribution < -0.4 is 22.3 Å². The molecule has 142 valence electrons. The Morgan fingerprint density at radius 2 is 1.75 bits per heavy atom. The van der Waals surface area contributed by atoms with Crippen molar-refractivity contribution in [1.82, 2.24) is 9.55 Å². The molecule has 2 aromatic carbocycles. The lowest BCUT2D eigenvalue weighted by Crippen LogP contribution is -2.39. The van der Waals surface area contributed by atoms with E-state index in [1.807, 2.05) is 0 Å². The highest BCUT2D eigenvalue weighted by Crippen LogP contribution is 2.15. The molecule has 2 amide bonds. The van der Waals surface area contributed by atoms with Gasteiger partial charge in [-0.2, -0.15) is 0 Å². The number of nitrogens with zero attached hydrogens (tertiary/aromatic N) is 1. The van der Waals surface area contributed by atoms with Gasteiger partial charge in [-0.15, -0.1) is 0 Å². The molecule has 0 fully saturated rings. The van der Waals surface area contributed by atoms with Gasteiger partial charge in [-0.3, -0.25) is 19.0 Å². The summed E-state index contributed by atoms with van der Waals surface area (Å²) in [6.07, 6.45) is 1.06. The summed E-state index contributed by atoms with van der Waals surface area (Å²) in [6, 6.07) is 12.6. The normalized spacial score (nSPS) is 10.5. The van der Waals surface area contributed by atoms with E-state index in [0.29, 0.717) is 16.3 Å². The van der Waals surface area contributed by atoms with Crippen molar-refractivity contribution in [2.75, 3.05) is 5.32 Å². The molecule has 0 saturated heterocycles. The van der Waals surface area contributed by atoms with Crippen LogP contribution in [0.1, 0.15) is 26.3 Å². The molecule has 0 aliphatic carbocycles. The molecule has 0 bridgehead atoms. The number of aromatic nitrogens is 2. The zero-order valence-corrected chi connectivity index (χ0v) is 15.2. The van der Waals surface area contributed by atoms with Gasteiger partial charge in [0.05, 0.1) is 6.54 Å². The minimum absolute atomic E-state index is 0.0811. The third-order valence-electron chi connectivity index (χ3n) is 4.02. The zero-order valence-electron chi connectivity index (χ0n) is 14.4. The lowest BCUT2D eigenvalue weighted by Gasteiger charge is -2.09. The van der Waals surface area contributed by atoms with Gasteiger partial charge in [0.2, 0.25) is 5.91 Å². The van der Waals surface area contributed by atoms with Crippen LogP contribution in [0, 0.1) is 0 Å². The number of carbonyl (C=O) groups excluding carboxylic acids is 2. The molecule has 3 rings (SSSR count). The van der Waals surface area contributed by atoms with Crippen molar-refractivity contribution in [3.63, 3.8) is 0 Å². The second-order valence-corrected chi connectivity index (χ2v) is 6.29. The van der Waals surface area contributed by atoms with Crippen molar-refractivity contribution >= 4 is 29.1 Å². The molecule has 0 aliphatic rings. The number of primary amides is 1. The third-order valence-corrected chi connectivity index (χ3v) is 4.39.